The molecule has 0 aromatic heterocycles. The Morgan fingerprint density at radius 3 is 2.46 bits per heavy atom. The van der Waals surface area contributed by atoms with Gasteiger partial charge in [0.05, 0.1) is 6.10 Å². The van der Waals surface area contributed by atoms with Crippen LogP contribution in [-0.2, 0) is 9.53 Å². The molecule has 0 fully saturated rings. The quantitative estimate of drug-likeness (QED) is 0.610. The Morgan fingerprint density at radius 2 is 2.08 bits per heavy atom. The Balaban J connectivity index is 2.62. The molecule has 0 aromatic rings. The van der Waals surface area contributed by atoms with E-state index < -0.39 is 0 Å². The smallest absolute Gasteiger partial charge is 0.334 e. The van der Waals surface area contributed by atoms with Gasteiger partial charge in [0.1, 0.15) is 0 Å². The normalized spacial score (nSPS) is 21.5. The summed E-state index contributed by atoms with van der Waals surface area (Å²) in [6.07, 6.45) is 3.79. The van der Waals surface area contributed by atoms with Crippen LogP contribution < -0.4 is 0 Å². The number of carbonyl (C=O) groups excluding carboxylic acids is 1. The standard InChI is InChI=1S/C11H16O2/c1-7(2)13-11(12)10-6-5-8(3)9(10)4/h5-7,9H,1-4H3/t9-/m1/s1. The Hall–Kier alpha value is -1.05. The van der Waals surface area contributed by atoms with Crippen molar-refractivity contribution in [1.82, 2.24) is 0 Å². The van der Waals surface area contributed by atoms with Gasteiger partial charge in [0.2, 0.25) is 0 Å². The third-order valence-corrected chi connectivity index (χ3v) is 2.25. The number of rotatable bonds is 2. The summed E-state index contributed by atoms with van der Waals surface area (Å²) in [6, 6.07) is 0. The van der Waals surface area contributed by atoms with Gasteiger partial charge < -0.3 is 4.74 Å². The molecule has 1 rings (SSSR count). The fourth-order valence-corrected chi connectivity index (χ4v) is 1.28. The van der Waals surface area contributed by atoms with Gasteiger partial charge in [-0.15, -0.1) is 0 Å². The Bertz CT molecular complexity index is 272. The van der Waals surface area contributed by atoms with Crippen LogP contribution in [0.3, 0.4) is 0 Å². The van der Waals surface area contributed by atoms with Crippen LogP contribution in [0.25, 0.3) is 0 Å². The molecule has 2 heteroatoms. The van der Waals surface area contributed by atoms with Gasteiger partial charge in [0.25, 0.3) is 0 Å². The molecule has 0 amide bonds. The SMILES string of the molecule is CC1=CC=C(C(=O)OC(C)C)[C@@H]1C. The predicted molar refractivity (Wildman–Crippen MR) is 52.2 cm³/mol. The number of esters is 1. The number of ether oxygens (including phenoxy) is 1. The molecular weight excluding hydrogens is 164 g/mol. The minimum Gasteiger partial charge on any atom is -0.460 e. The van der Waals surface area contributed by atoms with Crippen LogP contribution in [-0.4, -0.2) is 12.1 Å². The summed E-state index contributed by atoms with van der Waals surface area (Å²) in [5, 5.41) is 0. The first-order valence-electron chi connectivity index (χ1n) is 4.61. The average Bonchev–Trinajstić information content (AvgIpc) is 2.31. The van der Waals surface area contributed by atoms with Crippen LogP contribution >= 0.6 is 0 Å². The molecule has 0 unspecified atom stereocenters. The van der Waals surface area contributed by atoms with E-state index in [4.69, 9.17) is 4.74 Å². The summed E-state index contributed by atoms with van der Waals surface area (Å²) in [6.45, 7) is 7.76. The monoisotopic (exact) mass is 180 g/mol. The van der Waals surface area contributed by atoms with Crippen molar-refractivity contribution in [3.05, 3.63) is 23.3 Å². The summed E-state index contributed by atoms with van der Waals surface area (Å²) >= 11 is 0. The Kier molecular flexibility index (Phi) is 2.91. The molecule has 0 aromatic carbocycles. The predicted octanol–water partition coefficient (Wildman–Crippen LogP) is 2.46. The molecule has 0 saturated heterocycles. The van der Waals surface area contributed by atoms with E-state index in [2.05, 4.69) is 0 Å². The van der Waals surface area contributed by atoms with Crippen LogP contribution in [0.1, 0.15) is 27.7 Å². The maximum absolute atomic E-state index is 11.5. The lowest BCUT2D eigenvalue weighted by molar-refractivity contribution is -0.143. The van der Waals surface area contributed by atoms with Gasteiger partial charge in [0.15, 0.2) is 0 Å². The molecule has 0 saturated carbocycles. The zero-order chi connectivity index (χ0) is 10.0. The van der Waals surface area contributed by atoms with E-state index in [9.17, 15) is 4.79 Å². The Labute approximate surface area is 79.3 Å². The average molecular weight is 180 g/mol. The van der Waals surface area contributed by atoms with Gasteiger partial charge in [-0.2, -0.15) is 0 Å². The maximum Gasteiger partial charge on any atom is 0.334 e. The van der Waals surface area contributed by atoms with Crippen molar-refractivity contribution in [2.75, 3.05) is 0 Å². The second kappa shape index (κ2) is 3.77. The van der Waals surface area contributed by atoms with Crippen molar-refractivity contribution in [2.24, 2.45) is 5.92 Å². The lowest BCUT2D eigenvalue weighted by Crippen LogP contribution is -2.16. The van der Waals surface area contributed by atoms with Gasteiger partial charge in [-0.25, -0.2) is 4.79 Å². The van der Waals surface area contributed by atoms with Crippen LogP contribution in [0.2, 0.25) is 0 Å². The van der Waals surface area contributed by atoms with Gasteiger partial charge in [-0.3, -0.25) is 0 Å². The number of carbonyl (C=O) groups is 1. The largest absolute Gasteiger partial charge is 0.460 e. The highest BCUT2D eigenvalue weighted by molar-refractivity contribution is 5.91. The zero-order valence-electron chi connectivity index (χ0n) is 8.63. The zero-order valence-corrected chi connectivity index (χ0v) is 8.63. The van der Waals surface area contributed by atoms with Gasteiger partial charge >= 0.3 is 5.97 Å². The first-order chi connectivity index (χ1) is 6.02. The fourth-order valence-electron chi connectivity index (χ4n) is 1.28. The van der Waals surface area contributed by atoms with Crippen molar-refractivity contribution in [3.63, 3.8) is 0 Å². The van der Waals surface area contributed by atoms with Gasteiger partial charge in [-0.1, -0.05) is 24.6 Å². The van der Waals surface area contributed by atoms with E-state index in [0.29, 0.717) is 0 Å². The summed E-state index contributed by atoms with van der Waals surface area (Å²) in [4.78, 5) is 11.5. The molecule has 1 atom stereocenters. The molecule has 0 radical (unpaired) electrons. The highest BCUT2D eigenvalue weighted by Gasteiger charge is 2.23. The molecule has 0 aliphatic heterocycles. The van der Waals surface area contributed by atoms with Crippen molar-refractivity contribution < 1.29 is 9.53 Å². The van der Waals surface area contributed by atoms with Gasteiger partial charge in [0, 0.05) is 11.5 Å². The number of hydrogen-bond acceptors (Lipinski definition) is 2. The van der Waals surface area contributed by atoms with Crippen LogP contribution in [0, 0.1) is 5.92 Å². The Morgan fingerprint density at radius 1 is 1.46 bits per heavy atom. The second-order valence-corrected chi connectivity index (χ2v) is 3.71. The van der Waals surface area contributed by atoms with Gasteiger partial charge in [-0.05, 0) is 20.8 Å². The second-order valence-electron chi connectivity index (χ2n) is 3.71. The highest BCUT2D eigenvalue weighted by atomic mass is 16.5. The van der Waals surface area contributed by atoms with Crippen LogP contribution in [0.15, 0.2) is 23.3 Å². The van der Waals surface area contributed by atoms with E-state index in [1.165, 1.54) is 5.57 Å². The molecule has 0 bridgehead atoms. The first-order valence-corrected chi connectivity index (χ1v) is 4.61. The topological polar surface area (TPSA) is 26.3 Å². The minimum absolute atomic E-state index is 0.0403. The van der Waals surface area contributed by atoms with Crippen molar-refractivity contribution >= 4 is 5.97 Å². The van der Waals surface area contributed by atoms with E-state index in [0.717, 1.165) is 5.57 Å². The van der Waals surface area contributed by atoms with Crippen molar-refractivity contribution in [1.29, 1.82) is 0 Å². The molecule has 0 heterocycles. The number of allylic oxidation sites excluding steroid dienone is 3. The molecule has 1 aliphatic rings. The fraction of sp³-hybridized carbons (Fsp3) is 0.545. The molecule has 2 nitrogen and oxygen atoms in total. The van der Waals surface area contributed by atoms with E-state index in [-0.39, 0.29) is 18.0 Å². The van der Waals surface area contributed by atoms with E-state index in [1.54, 1.807) is 0 Å². The third kappa shape index (κ3) is 2.20. The lowest BCUT2D eigenvalue weighted by atomic mass is 9.99. The molecule has 13 heavy (non-hydrogen) atoms. The third-order valence-electron chi connectivity index (χ3n) is 2.25. The highest BCUT2D eigenvalue weighted by Crippen LogP contribution is 2.26. The van der Waals surface area contributed by atoms with E-state index >= 15 is 0 Å². The summed E-state index contributed by atoms with van der Waals surface area (Å²) in [5.41, 5.74) is 1.99. The summed E-state index contributed by atoms with van der Waals surface area (Å²) in [7, 11) is 0. The summed E-state index contributed by atoms with van der Waals surface area (Å²) in [5.74, 6) is 0.0295. The van der Waals surface area contributed by atoms with Crippen molar-refractivity contribution in [3.8, 4) is 0 Å². The molecule has 0 N–H and O–H groups in total. The molecule has 1 aliphatic carbocycles. The number of hydrogen-bond donors (Lipinski definition) is 0. The van der Waals surface area contributed by atoms with Crippen LogP contribution in [0.5, 0.6) is 0 Å². The molecule has 0 spiro atoms. The molecule has 72 valence electrons. The van der Waals surface area contributed by atoms with Crippen molar-refractivity contribution in [2.45, 2.75) is 33.8 Å². The minimum atomic E-state index is -0.185. The van der Waals surface area contributed by atoms with E-state index in [1.807, 2.05) is 39.8 Å². The molecular formula is C11H16O2. The van der Waals surface area contributed by atoms with Crippen LogP contribution in [0.4, 0.5) is 0 Å². The first kappa shape index (κ1) is 10.0. The maximum atomic E-state index is 11.5. The summed E-state index contributed by atoms with van der Waals surface area (Å²) < 4.78 is 5.11. The lowest BCUT2D eigenvalue weighted by Gasteiger charge is -2.13.